The van der Waals surface area contributed by atoms with Crippen LogP contribution in [0.2, 0.25) is 0 Å². The number of thiophene rings is 1. The molecule has 0 saturated carbocycles. The van der Waals surface area contributed by atoms with Gasteiger partial charge in [0.1, 0.15) is 0 Å². The van der Waals surface area contributed by atoms with E-state index < -0.39 is 0 Å². The van der Waals surface area contributed by atoms with Gasteiger partial charge in [-0.05, 0) is 45.5 Å². The Morgan fingerprint density at radius 3 is 1.24 bits per heavy atom. The lowest BCUT2D eigenvalue weighted by atomic mass is 9.99. The number of rotatable bonds is 6. The van der Waals surface area contributed by atoms with Crippen LogP contribution in [0.4, 0.5) is 0 Å². The summed E-state index contributed by atoms with van der Waals surface area (Å²) in [5.41, 5.74) is 9.95. The van der Waals surface area contributed by atoms with Gasteiger partial charge in [0.25, 0.3) is 0 Å². The van der Waals surface area contributed by atoms with Gasteiger partial charge in [-0.3, -0.25) is 0 Å². The minimum atomic E-state index is 0.644. The molecule has 0 N–H and O–H groups in total. The number of benzene rings is 7. The summed E-state index contributed by atoms with van der Waals surface area (Å²) in [5, 5.41) is 2.56. The molecule has 0 spiro atoms. The van der Waals surface area contributed by atoms with Crippen LogP contribution in [-0.2, 0) is 0 Å². The quantitative estimate of drug-likeness (QED) is 0.181. The van der Waals surface area contributed by atoms with Crippen molar-refractivity contribution in [3.05, 3.63) is 176 Å². The van der Waals surface area contributed by atoms with Crippen LogP contribution in [0.3, 0.4) is 0 Å². The molecule has 4 heteroatoms. The van der Waals surface area contributed by atoms with Crippen molar-refractivity contribution in [2.24, 2.45) is 0 Å². The Morgan fingerprint density at radius 2 is 0.673 bits per heavy atom. The predicted octanol–water partition coefficient (Wildman–Crippen LogP) is 12.2. The van der Waals surface area contributed by atoms with Gasteiger partial charge in [-0.2, -0.15) is 0 Å². The average Bonchev–Trinajstić information content (AvgIpc) is 3.58. The summed E-state index contributed by atoms with van der Waals surface area (Å²) >= 11 is 1.86. The molecule has 230 valence electrons. The van der Waals surface area contributed by atoms with Gasteiger partial charge in [0.05, 0.1) is 0 Å². The van der Waals surface area contributed by atoms with Crippen molar-refractivity contribution in [1.82, 2.24) is 15.0 Å². The number of fused-ring (bicyclic) bond motifs is 3. The SMILES string of the molecule is c1ccc(-c2cccc(-c3nc(-c4ccccc4)nc(-c4cccc(-c5cccc6c5sc5c(-c7ccccc7)cccc56)c4)n3)c2)cc1. The minimum Gasteiger partial charge on any atom is -0.208 e. The zero-order valence-corrected chi connectivity index (χ0v) is 27.3. The van der Waals surface area contributed by atoms with Crippen molar-refractivity contribution in [2.45, 2.75) is 0 Å². The van der Waals surface area contributed by atoms with E-state index in [9.17, 15) is 0 Å². The third kappa shape index (κ3) is 5.48. The van der Waals surface area contributed by atoms with Crippen LogP contribution in [0.25, 0.3) is 87.7 Å². The lowest BCUT2D eigenvalue weighted by molar-refractivity contribution is 1.07. The summed E-state index contributed by atoms with van der Waals surface area (Å²) in [5.74, 6) is 1.94. The Hall–Kier alpha value is -6.23. The van der Waals surface area contributed by atoms with E-state index in [4.69, 9.17) is 15.0 Å². The van der Waals surface area contributed by atoms with Crippen LogP contribution in [0.1, 0.15) is 0 Å². The molecule has 0 radical (unpaired) electrons. The predicted molar refractivity (Wildman–Crippen MR) is 205 cm³/mol. The van der Waals surface area contributed by atoms with E-state index in [0.717, 1.165) is 33.4 Å². The van der Waals surface area contributed by atoms with Gasteiger partial charge >= 0.3 is 0 Å². The van der Waals surface area contributed by atoms with E-state index in [1.54, 1.807) is 0 Å². The second kappa shape index (κ2) is 12.4. The maximum atomic E-state index is 5.09. The van der Waals surface area contributed by atoms with Gasteiger partial charge in [0, 0.05) is 36.9 Å². The van der Waals surface area contributed by atoms with Crippen molar-refractivity contribution in [2.75, 3.05) is 0 Å². The van der Waals surface area contributed by atoms with Gasteiger partial charge in [-0.1, -0.05) is 164 Å². The zero-order chi connectivity index (χ0) is 32.6. The highest BCUT2D eigenvalue weighted by molar-refractivity contribution is 7.26. The molecule has 0 fully saturated rings. The molecular weight excluding hydrogens is 615 g/mol. The molecule has 2 aromatic heterocycles. The fraction of sp³-hybridized carbons (Fsp3) is 0. The summed E-state index contributed by atoms with van der Waals surface area (Å²) in [6.45, 7) is 0. The van der Waals surface area contributed by atoms with Crippen LogP contribution in [0, 0.1) is 0 Å². The first kappa shape index (κ1) is 29.0. The van der Waals surface area contributed by atoms with Gasteiger partial charge in [0.15, 0.2) is 17.5 Å². The van der Waals surface area contributed by atoms with E-state index in [1.165, 1.54) is 36.9 Å². The standard InChI is InChI=1S/C45H29N3S/c1-4-14-30(15-5-1)33-20-10-22-35(28-33)44-46-43(32-18-8-3-9-19-32)47-45(48-44)36-23-11-21-34(29-36)38-25-13-27-40-39-26-12-24-37(41(39)49-42(38)40)31-16-6-2-7-17-31/h1-29H. The Kier molecular flexibility index (Phi) is 7.34. The van der Waals surface area contributed by atoms with Crippen molar-refractivity contribution in [3.8, 4) is 67.5 Å². The monoisotopic (exact) mass is 643 g/mol. The molecule has 0 atom stereocenters. The van der Waals surface area contributed by atoms with Crippen LogP contribution in [-0.4, -0.2) is 15.0 Å². The highest BCUT2D eigenvalue weighted by Gasteiger charge is 2.16. The Labute approximate surface area is 288 Å². The first-order valence-corrected chi connectivity index (χ1v) is 17.2. The lowest BCUT2D eigenvalue weighted by Gasteiger charge is -2.11. The highest BCUT2D eigenvalue weighted by Crippen LogP contribution is 2.44. The molecule has 3 nitrogen and oxygen atoms in total. The summed E-state index contributed by atoms with van der Waals surface area (Å²) < 4.78 is 2.58. The van der Waals surface area contributed by atoms with Crippen LogP contribution < -0.4 is 0 Å². The van der Waals surface area contributed by atoms with Gasteiger partial charge < -0.3 is 0 Å². The lowest BCUT2D eigenvalue weighted by Crippen LogP contribution is -2.00. The van der Waals surface area contributed by atoms with E-state index in [-0.39, 0.29) is 0 Å². The molecule has 0 aliphatic heterocycles. The average molecular weight is 644 g/mol. The summed E-state index contributed by atoms with van der Waals surface area (Å²) in [6.07, 6.45) is 0. The van der Waals surface area contributed by atoms with Crippen LogP contribution in [0.15, 0.2) is 176 Å². The smallest absolute Gasteiger partial charge is 0.164 e. The Morgan fingerprint density at radius 1 is 0.286 bits per heavy atom. The number of aromatic nitrogens is 3. The molecule has 0 aliphatic carbocycles. The maximum absolute atomic E-state index is 5.09. The maximum Gasteiger partial charge on any atom is 0.164 e. The van der Waals surface area contributed by atoms with E-state index in [2.05, 4.69) is 140 Å². The molecule has 0 amide bonds. The summed E-state index contributed by atoms with van der Waals surface area (Å²) in [4.78, 5) is 15.1. The minimum absolute atomic E-state index is 0.644. The van der Waals surface area contributed by atoms with Crippen molar-refractivity contribution < 1.29 is 0 Å². The molecule has 9 rings (SSSR count). The van der Waals surface area contributed by atoms with Crippen molar-refractivity contribution in [3.63, 3.8) is 0 Å². The Balaban J connectivity index is 1.18. The molecule has 0 bridgehead atoms. The largest absolute Gasteiger partial charge is 0.208 e. The molecule has 0 saturated heterocycles. The Bertz CT molecular complexity index is 2590. The second-order valence-electron chi connectivity index (χ2n) is 12.0. The summed E-state index contributed by atoms with van der Waals surface area (Å²) in [6, 6.07) is 61.5. The molecule has 49 heavy (non-hydrogen) atoms. The van der Waals surface area contributed by atoms with E-state index >= 15 is 0 Å². The molecule has 0 unspecified atom stereocenters. The third-order valence-corrected chi connectivity index (χ3v) is 10.2. The normalized spacial score (nSPS) is 11.3. The van der Waals surface area contributed by atoms with E-state index in [0.29, 0.717) is 17.5 Å². The van der Waals surface area contributed by atoms with E-state index in [1.807, 2.05) is 47.7 Å². The zero-order valence-electron chi connectivity index (χ0n) is 26.5. The molecule has 0 aliphatic rings. The van der Waals surface area contributed by atoms with Crippen molar-refractivity contribution in [1.29, 1.82) is 0 Å². The highest BCUT2D eigenvalue weighted by atomic mass is 32.1. The molecular formula is C45H29N3S. The van der Waals surface area contributed by atoms with Crippen LogP contribution in [0.5, 0.6) is 0 Å². The second-order valence-corrected chi connectivity index (χ2v) is 13.1. The number of nitrogens with zero attached hydrogens (tertiary/aromatic N) is 3. The first-order valence-electron chi connectivity index (χ1n) is 16.4. The number of hydrogen-bond acceptors (Lipinski definition) is 4. The van der Waals surface area contributed by atoms with Crippen LogP contribution >= 0.6 is 11.3 Å². The van der Waals surface area contributed by atoms with Gasteiger partial charge in [-0.15, -0.1) is 11.3 Å². The molecule has 7 aromatic carbocycles. The third-order valence-electron chi connectivity index (χ3n) is 8.94. The van der Waals surface area contributed by atoms with Gasteiger partial charge in [0.2, 0.25) is 0 Å². The molecule has 2 heterocycles. The fourth-order valence-corrected chi connectivity index (χ4v) is 7.91. The van der Waals surface area contributed by atoms with Gasteiger partial charge in [-0.25, -0.2) is 15.0 Å². The fourth-order valence-electron chi connectivity index (χ4n) is 6.54. The topological polar surface area (TPSA) is 38.7 Å². The molecule has 9 aromatic rings. The summed E-state index contributed by atoms with van der Waals surface area (Å²) in [7, 11) is 0. The first-order chi connectivity index (χ1) is 24.3. The van der Waals surface area contributed by atoms with Crippen molar-refractivity contribution >= 4 is 31.5 Å². The number of hydrogen-bond donors (Lipinski definition) is 0.